The Balaban J connectivity index is 2.19. The molecule has 0 bridgehead atoms. The SMILES string of the molecule is CC(=O)C(=O)Oc1ncnc(Oc2ccccc2OC=C=O)n1. The number of esters is 1. The lowest BCUT2D eigenvalue weighted by atomic mass is 10.3. The van der Waals surface area contributed by atoms with Crippen LogP contribution in [0.15, 0.2) is 36.9 Å². The van der Waals surface area contributed by atoms with Crippen molar-refractivity contribution >= 4 is 17.7 Å². The molecule has 0 radical (unpaired) electrons. The molecule has 2 rings (SSSR count). The van der Waals surface area contributed by atoms with Crippen LogP contribution < -0.4 is 14.2 Å². The van der Waals surface area contributed by atoms with Crippen molar-refractivity contribution < 1.29 is 28.6 Å². The van der Waals surface area contributed by atoms with Gasteiger partial charge in [-0.2, -0.15) is 9.97 Å². The van der Waals surface area contributed by atoms with E-state index in [1.807, 2.05) is 0 Å². The van der Waals surface area contributed by atoms with Gasteiger partial charge in [0.25, 0.3) is 0 Å². The summed E-state index contributed by atoms with van der Waals surface area (Å²) in [5.74, 6) is -0.0193. The molecule has 0 amide bonds. The molecule has 1 aromatic heterocycles. The lowest BCUT2D eigenvalue weighted by molar-refractivity contribution is -0.146. The number of benzene rings is 1. The fourth-order valence-corrected chi connectivity index (χ4v) is 1.34. The lowest BCUT2D eigenvalue weighted by Crippen LogP contribution is -2.18. The third-order valence-corrected chi connectivity index (χ3v) is 2.28. The Morgan fingerprint density at radius 2 is 1.83 bits per heavy atom. The zero-order chi connectivity index (χ0) is 16.7. The first-order chi connectivity index (χ1) is 11.1. The molecule has 0 saturated heterocycles. The summed E-state index contributed by atoms with van der Waals surface area (Å²) < 4.78 is 15.0. The van der Waals surface area contributed by atoms with E-state index in [1.165, 1.54) is 5.94 Å². The van der Waals surface area contributed by atoms with Crippen molar-refractivity contribution in [3.05, 3.63) is 36.9 Å². The molecule has 1 heterocycles. The molecule has 116 valence electrons. The minimum atomic E-state index is -1.11. The van der Waals surface area contributed by atoms with E-state index in [-0.39, 0.29) is 23.5 Å². The molecular formula is C14H9N3O6. The molecule has 2 aromatic rings. The van der Waals surface area contributed by atoms with E-state index >= 15 is 0 Å². The van der Waals surface area contributed by atoms with Crippen molar-refractivity contribution in [2.24, 2.45) is 0 Å². The van der Waals surface area contributed by atoms with Gasteiger partial charge in [0.2, 0.25) is 5.78 Å². The number of Topliss-reactive ketones (excluding diaryl/α,β-unsaturated/α-hetero) is 1. The summed E-state index contributed by atoms with van der Waals surface area (Å²) in [6, 6.07) is 5.82. The van der Waals surface area contributed by atoms with Crippen LogP contribution in [-0.4, -0.2) is 32.6 Å². The number of hydrogen-bond acceptors (Lipinski definition) is 9. The zero-order valence-corrected chi connectivity index (χ0v) is 11.8. The summed E-state index contributed by atoms with van der Waals surface area (Å²) in [6.07, 6.45) is 1.86. The summed E-state index contributed by atoms with van der Waals surface area (Å²) >= 11 is 0. The molecule has 0 atom stereocenters. The fraction of sp³-hybridized carbons (Fsp3) is 0.0714. The summed E-state index contributed by atoms with van der Waals surface area (Å²) in [5, 5.41) is 0. The molecule has 9 heteroatoms. The van der Waals surface area contributed by atoms with Crippen molar-refractivity contribution in [2.75, 3.05) is 0 Å². The number of carbonyl (C=O) groups excluding carboxylic acids is 3. The third-order valence-electron chi connectivity index (χ3n) is 2.28. The molecular weight excluding hydrogens is 306 g/mol. The van der Waals surface area contributed by atoms with Crippen LogP contribution in [0.1, 0.15) is 6.92 Å². The first kappa shape index (κ1) is 15.8. The van der Waals surface area contributed by atoms with Gasteiger partial charge in [-0.3, -0.25) is 4.79 Å². The summed E-state index contributed by atoms with van der Waals surface area (Å²) in [5.41, 5.74) is 0. The topological polar surface area (TPSA) is 118 Å². The molecule has 9 nitrogen and oxygen atoms in total. The van der Waals surface area contributed by atoms with Crippen molar-refractivity contribution in [3.63, 3.8) is 0 Å². The van der Waals surface area contributed by atoms with Gasteiger partial charge in [0, 0.05) is 6.92 Å². The Morgan fingerprint density at radius 1 is 1.13 bits per heavy atom. The molecule has 0 N–H and O–H groups in total. The predicted octanol–water partition coefficient (Wildman–Crippen LogP) is 0.882. The van der Waals surface area contributed by atoms with Crippen LogP contribution in [0.5, 0.6) is 23.5 Å². The largest absolute Gasteiger partial charge is 0.449 e. The van der Waals surface area contributed by atoms with Crippen LogP contribution in [-0.2, 0) is 14.4 Å². The normalized spacial score (nSPS) is 9.43. The maximum atomic E-state index is 11.2. The van der Waals surface area contributed by atoms with Gasteiger partial charge < -0.3 is 14.2 Å². The average Bonchev–Trinajstić information content (AvgIpc) is 2.54. The maximum absolute atomic E-state index is 11.2. The number of para-hydroxylation sites is 2. The van der Waals surface area contributed by atoms with Gasteiger partial charge in [-0.25, -0.2) is 9.59 Å². The molecule has 0 aliphatic carbocycles. The van der Waals surface area contributed by atoms with E-state index in [0.717, 1.165) is 19.5 Å². The minimum absolute atomic E-state index is 0.197. The molecule has 0 fully saturated rings. The van der Waals surface area contributed by atoms with Gasteiger partial charge in [0.05, 0.1) is 0 Å². The predicted molar refractivity (Wildman–Crippen MR) is 73.6 cm³/mol. The van der Waals surface area contributed by atoms with Crippen molar-refractivity contribution in [1.29, 1.82) is 0 Å². The van der Waals surface area contributed by atoms with Gasteiger partial charge >= 0.3 is 18.0 Å². The molecule has 23 heavy (non-hydrogen) atoms. The van der Waals surface area contributed by atoms with Gasteiger partial charge in [-0.1, -0.05) is 12.1 Å². The number of carbonyl (C=O) groups is 2. The standard InChI is InChI=1S/C14H9N3O6/c1-9(19)12(20)23-14-16-8-15-13(17-14)22-11-5-3-2-4-10(11)21-7-6-18/h2-5,7-8H,1H3. The Bertz CT molecular complexity index is 786. The third kappa shape index (κ3) is 4.45. The lowest BCUT2D eigenvalue weighted by Gasteiger charge is -2.08. The highest BCUT2D eigenvalue weighted by Crippen LogP contribution is 2.29. The Morgan fingerprint density at radius 3 is 2.52 bits per heavy atom. The van der Waals surface area contributed by atoms with Crippen LogP contribution >= 0.6 is 0 Å². The van der Waals surface area contributed by atoms with Crippen molar-refractivity contribution in [3.8, 4) is 23.5 Å². The number of ketones is 1. The van der Waals surface area contributed by atoms with Crippen molar-refractivity contribution in [2.45, 2.75) is 6.92 Å². The van der Waals surface area contributed by atoms with Crippen LogP contribution in [0.25, 0.3) is 0 Å². The number of hydrogen-bond donors (Lipinski definition) is 0. The van der Waals surface area contributed by atoms with E-state index in [9.17, 15) is 14.4 Å². The minimum Gasteiger partial charge on any atom is -0.449 e. The highest BCUT2D eigenvalue weighted by molar-refractivity contribution is 6.33. The number of rotatable bonds is 6. The van der Waals surface area contributed by atoms with E-state index < -0.39 is 11.8 Å². The smallest absolute Gasteiger partial charge is 0.382 e. The summed E-state index contributed by atoms with van der Waals surface area (Å²) in [4.78, 5) is 43.3. The monoisotopic (exact) mass is 315 g/mol. The van der Waals surface area contributed by atoms with Crippen LogP contribution in [0.3, 0.4) is 0 Å². The molecule has 1 aromatic carbocycles. The first-order valence-electron chi connectivity index (χ1n) is 6.15. The average molecular weight is 315 g/mol. The number of aromatic nitrogens is 3. The van der Waals surface area contributed by atoms with Crippen LogP contribution in [0.2, 0.25) is 0 Å². The second-order valence-electron chi connectivity index (χ2n) is 3.90. The summed E-state index contributed by atoms with van der Waals surface area (Å²) in [7, 11) is 0. The quantitative estimate of drug-likeness (QED) is 0.331. The second kappa shape index (κ2) is 7.43. The van der Waals surface area contributed by atoms with E-state index in [1.54, 1.807) is 24.3 Å². The molecule has 0 saturated carbocycles. The highest BCUT2D eigenvalue weighted by atomic mass is 16.6. The molecule has 0 aliphatic heterocycles. The highest BCUT2D eigenvalue weighted by Gasteiger charge is 2.14. The van der Waals surface area contributed by atoms with E-state index in [4.69, 9.17) is 9.47 Å². The van der Waals surface area contributed by atoms with Gasteiger partial charge in [-0.15, -0.1) is 4.98 Å². The second-order valence-corrected chi connectivity index (χ2v) is 3.90. The van der Waals surface area contributed by atoms with Gasteiger partial charge in [0.15, 0.2) is 23.7 Å². The Kier molecular flexibility index (Phi) is 5.11. The zero-order valence-electron chi connectivity index (χ0n) is 11.8. The van der Waals surface area contributed by atoms with Crippen molar-refractivity contribution in [1.82, 2.24) is 15.0 Å². The molecule has 0 aliphatic rings. The fourth-order valence-electron chi connectivity index (χ4n) is 1.34. The van der Waals surface area contributed by atoms with Crippen LogP contribution in [0, 0.1) is 0 Å². The molecule has 0 spiro atoms. The maximum Gasteiger partial charge on any atom is 0.382 e. The van der Waals surface area contributed by atoms with Gasteiger partial charge in [0.1, 0.15) is 6.33 Å². The van der Waals surface area contributed by atoms with Crippen LogP contribution in [0.4, 0.5) is 0 Å². The molecule has 0 unspecified atom stereocenters. The van der Waals surface area contributed by atoms with Gasteiger partial charge in [-0.05, 0) is 12.1 Å². The first-order valence-corrected chi connectivity index (χ1v) is 6.15. The number of ether oxygens (including phenoxy) is 3. The van der Waals surface area contributed by atoms with E-state index in [0.29, 0.717) is 0 Å². The summed E-state index contributed by atoms with van der Waals surface area (Å²) in [6.45, 7) is 1.05. The Labute approximate surface area is 129 Å². The van der Waals surface area contributed by atoms with E-state index in [2.05, 4.69) is 19.7 Å². The number of nitrogens with zero attached hydrogens (tertiary/aromatic N) is 3. The Hall–Kier alpha value is -3.58.